The van der Waals surface area contributed by atoms with E-state index in [0.29, 0.717) is 6.61 Å². The predicted octanol–water partition coefficient (Wildman–Crippen LogP) is 3.09. The second kappa shape index (κ2) is 7.49. The summed E-state index contributed by atoms with van der Waals surface area (Å²) in [5.41, 5.74) is 0.420. The Morgan fingerprint density at radius 3 is 2.65 bits per heavy atom. The molecule has 0 saturated heterocycles. The van der Waals surface area contributed by atoms with Gasteiger partial charge >= 0.3 is 6.09 Å². The first-order valence-corrected chi connectivity index (χ1v) is 8.47. The van der Waals surface area contributed by atoms with Gasteiger partial charge in [0.05, 0.1) is 11.6 Å². The number of rotatable bonds is 7. The van der Waals surface area contributed by atoms with Crippen LogP contribution in [0.4, 0.5) is 4.79 Å². The molecule has 130 valence electrons. The predicted molar refractivity (Wildman–Crippen MR) is 89.2 cm³/mol. The van der Waals surface area contributed by atoms with Gasteiger partial charge in [-0.15, -0.1) is 0 Å². The fourth-order valence-corrected chi connectivity index (χ4v) is 2.64. The maximum Gasteiger partial charge on any atom is 0.408 e. The molecule has 2 rings (SSSR count). The molecule has 1 amide bonds. The quantitative estimate of drug-likeness (QED) is 0.707. The first kappa shape index (κ1) is 18.0. The summed E-state index contributed by atoms with van der Waals surface area (Å²) in [5, 5.41) is 11.8. The van der Waals surface area contributed by atoms with Crippen LogP contribution in [-0.4, -0.2) is 41.7 Å². The molecule has 0 spiro atoms. The number of amides is 1. The number of nitrogens with one attached hydrogen (secondary N) is 1. The van der Waals surface area contributed by atoms with Crippen molar-refractivity contribution in [2.45, 2.75) is 70.1 Å². The minimum Gasteiger partial charge on any atom is -0.444 e. The standard InChI is InChI=1S/C18H29NO4/c1-17(2,3)23-16(21)19-18(10-11-18)14-6-8-15(9-7-14)22-13-5-4-12-20/h6-8,15,20H,4-5,9-13H2,1-3H3,(H,19,21). The van der Waals surface area contributed by atoms with Crippen molar-refractivity contribution in [2.75, 3.05) is 13.2 Å². The van der Waals surface area contributed by atoms with Crippen LogP contribution in [0.15, 0.2) is 23.8 Å². The summed E-state index contributed by atoms with van der Waals surface area (Å²) in [4.78, 5) is 12.0. The lowest BCUT2D eigenvalue weighted by molar-refractivity contribution is 0.0506. The Balaban J connectivity index is 1.80. The van der Waals surface area contributed by atoms with Gasteiger partial charge in [-0.1, -0.05) is 18.2 Å². The van der Waals surface area contributed by atoms with E-state index in [1.54, 1.807) is 0 Å². The second-order valence-electron chi connectivity index (χ2n) is 7.30. The molecule has 0 aromatic rings. The van der Waals surface area contributed by atoms with Crippen LogP contribution in [-0.2, 0) is 9.47 Å². The molecule has 1 fully saturated rings. The van der Waals surface area contributed by atoms with E-state index >= 15 is 0 Å². The Labute approximate surface area is 138 Å². The molecule has 0 bridgehead atoms. The minimum atomic E-state index is -0.482. The number of ether oxygens (including phenoxy) is 2. The van der Waals surface area contributed by atoms with Gasteiger partial charge in [-0.2, -0.15) is 0 Å². The molecule has 0 aliphatic heterocycles. The van der Waals surface area contributed by atoms with Crippen molar-refractivity contribution >= 4 is 6.09 Å². The van der Waals surface area contributed by atoms with E-state index in [0.717, 1.165) is 37.7 Å². The molecule has 2 aliphatic rings. The van der Waals surface area contributed by atoms with Gasteiger partial charge in [-0.25, -0.2) is 4.79 Å². The molecule has 2 N–H and O–H groups in total. The molecule has 5 heteroatoms. The van der Waals surface area contributed by atoms with Crippen LogP contribution in [0, 0.1) is 0 Å². The SMILES string of the molecule is CC(C)(C)OC(=O)NC1(C2=CCC(OCCCCO)C=C2)CC1. The fourth-order valence-electron chi connectivity index (χ4n) is 2.64. The first-order chi connectivity index (χ1) is 10.8. The van der Waals surface area contributed by atoms with E-state index in [4.69, 9.17) is 14.6 Å². The Hall–Kier alpha value is -1.33. The maximum atomic E-state index is 12.0. The topological polar surface area (TPSA) is 67.8 Å². The smallest absolute Gasteiger partial charge is 0.408 e. The fraction of sp³-hybridized carbons (Fsp3) is 0.722. The van der Waals surface area contributed by atoms with Crippen molar-refractivity contribution in [1.82, 2.24) is 5.32 Å². The van der Waals surface area contributed by atoms with E-state index in [1.807, 2.05) is 20.8 Å². The van der Waals surface area contributed by atoms with Crippen molar-refractivity contribution in [3.63, 3.8) is 0 Å². The molecular weight excluding hydrogens is 294 g/mol. The number of carbonyl (C=O) groups is 1. The number of hydrogen-bond acceptors (Lipinski definition) is 4. The number of alkyl carbamates (subject to hydrolysis) is 1. The second-order valence-corrected chi connectivity index (χ2v) is 7.30. The van der Waals surface area contributed by atoms with Crippen LogP contribution in [0.25, 0.3) is 0 Å². The van der Waals surface area contributed by atoms with Crippen molar-refractivity contribution in [3.05, 3.63) is 23.8 Å². The Kier molecular flexibility index (Phi) is 5.87. The molecule has 1 unspecified atom stereocenters. The van der Waals surface area contributed by atoms with Crippen LogP contribution in [0.3, 0.4) is 0 Å². The summed E-state index contributed by atoms with van der Waals surface area (Å²) < 4.78 is 11.1. The zero-order chi connectivity index (χ0) is 16.9. The van der Waals surface area contributed by atoms with Gasteiger partial charge in [0.25, 0.3) is 0 Å². The highest BCUT2D eigenvalue weighted by Crippen LogP contribution is 2.44. The number of aliphatic hydroxyl groups excluding tert-OH is 1. The molecule has 0 aromatic carbocycles. The van der Waals surface area contributed by atoms with Crippen molar-refractivity contribution < 1.29 is 19.4 Å². The van der Waals surface area contributed by atoms with E-state index in [9.17, 15) is 4.79 Å². The largest absolute Gasteiger partial charge is 0.444 e. The third-order valence-corrected chi connectivity index (χ3v) is 3.99. The minimum absolute atomic E-state index is 0.0924. The lowest BCUT2D eigenvalue weighted by atomic mass is 9.97. The van der Waals surface area contributed by atoms with Crippen LogP contribution in [0.1, 0.15) is 52.9 Å². The van der Waals surface area contributed by atoms with Crippen LogP contribution < -0.4 is 5.32 Å². The van der Waals surface area contributed by atoms with Gasteiger partial charge in [0.1, 0.15) is 5.60 Å². The van der Waals surface area contributed by atoms with E-state index < -0.39 is 5.60 Å². The molecule has 5 nitrogen and oxygen atoms in total. The number of unbranched alkanes of at least 4 members (excludes halogenated alkanes) is 1. The first-order valence-electron chi connectivity index (χ1n) is 8.47. The zero-order valence-electron chi connectivity index (χ0n) is 14.4. The highest BCUT2D eigenvalue weighted by atomic mass is 16.6. The summed E-state index contributed by atoms with van der Waals surface area (Å²) in [6.07, 6.45) is 10.4. The van der Waals surface area contributed by atoms with Crippen molar-refractivity contribution in [2.24, 2.45) is 0 Å². The molecule has 0 radical (unpaired) electrons. The van der Waals surface area contributed by atoms with E-state index in [1.165, 1.54) is 0 Å². The number of carbonyl (C=O) groups excluding carboxylic acids is 1. The summed E-state index contributed by atoms with van der Waals surface area (Å²) in [6, 6.07) is 0. The van der Waals surface area contributed by atoms with Gasteiger partial charge in [-0.3, -0.25) is 0 Å². The molecule has 2 aliphatic carbocycles. The van der Waals surface area contributed by atoms with E-state index in [-0.39, 0.29) is 24.3 Å². The third kappa shape index (κ3) is 5.66. The lowest BCUT2D eigenvalue weighted by Gasteiger charge is -2.26. The van der Waals surface area contributed by atoms with Gasteiger partial charge in [0.2, 0.25) is 0 Å². The lowest BCUT2D eigenvalue weighted by Crippen LogP contribution is -2.41. The highest BCUT2D eigenvalue weighted by molar-refractivity contribution is 5.71. The molecule has 0 aromatic heterocycles. The molecule has 1 saturated carbocycles. The normalized spacial score (nSPS) is 22.4. The Morgan fingerprint density at radius 1 is 1.39 bits per heavy atom. The average molecular weight is 323 g/mol. The molecule has 0 heterocycles. The summed E-state index contributed by atoms with van der Waals surface area (Å²) in [7, 11) is 0. The van der Waals surface area contributed by atoms with Crippen LogP contribution in [0.5, 0.6) is 0 Å². The van der Waals surface area contributed by atoms with Gasteiger partial charge in [0.15, 0.2) is 0 Å². The third-order valence-electron chi connectivity index (χ3n) is 3.99. The highest BCUT2D eigenvalue weighted by Gasteiger charge is 2.47. The molecule has 1 atom stereocenters. The van der Waals surface area contributed by atoms with Gasteiger partial charge in [0, 0.05) is 13.2 Å². The summed E-state index contributed by atoms with van der Waals surface area (Å²) >= 11 is 0. The van der Waals surface area contributed by atoms with Crippen molar-refractivity contribution in [1.29, 1.82) is 0 Å². The molecular formula is C18H29NO4. The Morgan fingerprint density at radius 2 is 2.13 bits per heavy atom. The molecule has 23 heavy (non-hydrogen) atoms. The van der Waals surface area contributed by atoms with Crippen LogP contribution >= 0.6 is 0 Å². The Bertz CT molecular complexity index is 472. The van der Waals surface area contributed by atoms with Crippen molar-refractivity contribution in [3.8, 4) is 0 Å². The van der Waals surface area contributed by atoms with E-state index in [2.05, 4.69) is 23.5 Å². The van der Waals surface area contributed by atoms with Gasteiger partial charge < -0.3 is 19.9 Å². The van der Waals surface area contributed by atoms with Crippen LogP contribution in [0.2, 0.25) is 0 Å². The number of aliphatic hydroxyl groups is 1. The van der Waals surface area contributed by atoms with Gasteiger partial charge in [-0.05, 0) is 58.4 Å². The summed E-state index contributed by atoms with van der Waals surface area (Å²) in [6.45, 7) is 6.48. The monoisotopic (exact) mass is 323 g/mol. The average Bonchev–Trinajstić information content (AvgIpc) is 3.23. The summed E-state index contributed by atoms with van der Waals surface area (Å²) in [5.74, 6) is 0. The zero-order valence-corrected chi connectivity index (χ0v) is 14.4. The maximum absolute atomic E-state index is 12.0. The number of hydrogen-bond donors (Lipinski definition) is 2.